The van der Waals surface area contributed by atoms with Crippen molar-refractivity contribution in [1.82, 2.24) is 29.5 Å². The number of benzene rings is 1. The Morgan fingerprint density at radius 1 is 1.03 bits per heavy atom. The number of anilines is 1. The van der Waals surface area contributed by atoms with E-state index < -0.39 is 11.7 Å². The number of hydrogen-bond acceptors (Lipinski definition) is 6. The summed E-state index contributed by atoms with van der Waals surface area (Å²) in [6.45, 7) is 1.41. The van der Waals surface area contributed by atoms with Crippen LogP contribution in [-0.4, -0.2) is 55.8 Å². The van der Waals surface area contributed by atoms with E-state index in [1.54, 1.807) is 36.8 Å². The summed E-state index contributed by atoms with van der Waals surface area (Å²) in [6, 6.07) is 5.04. The standard InChI is InChI=1S/C21H20F3N7O/c1-29-18(12-4-6-13(7-5-12)21(22,23)24)15(8-27-29)17-16-19(30(2)28-17)25-11-26-20(16)31-9-14(10-31)32-3/h4-8,11,14H,9-10H2,1-3H3. The molecular weight excluding hydrogens is 423 g/mol. The number of fused-ring (bicyclic) bond motifs is 1. The second-order valence-corrected chi connectivity index (χ2v) is 7.74. The van der Waals surface area contributed by atoms with Crippen molar-refractivity contribution in [3.8, 4) is 22.5 Å². The molecule has 4 heterocycles. The second-order valence-electron chi connectivity index (χ2n) is 7.74. The van der Waals surface area contributed by atoms with Gasteiger partial charge in [0, 0.05) is 45.4 Å². The molecule has 1 aliphatic rings. The maximum absolute atomic E-state index is 13.0. The molecule has 32 heavy (non-hydrogen) atoms. The largest absolute Gasteiger partial charge is 0.416 e. The summed E-state index contributed by atoms with van der Waals surface area (Å²) in [6.07, 6.45) is -1.08. The highest BCUT2D eigenvalue weighted by Gasteiger charge is 2.32. The maximum Gasteiger partial charge on any atom is 0.416 e. The highest BCUT2D eigenvalue weighted by molar-refractivity contribution is 6.02. The van der Waals surface area contributed by atoms with Crippen LogP contribution in [0.15, 0.2) is 36.8 Å². The molecule has 1 aromatic carbocycles. The third-order valence-electron chi connectivity index (χ3n) is 5.76. The van der Waals surface area contributed by atoms with Crippen LogP contribution >= 0.6 is 0 Å². The van der Waals surface area contributed by atoms with Gasteiger partial charge in [0.1, 0.15) is 17.8 Å². The lowest BCUT2D eigenvalue weighted by atomic mass is 10.0. The zero-order chi connectivity index (χ0) is 22.6. The first-order valence-corrected chi connectivity index (χ1v) is 9.93. The normalized spacial score (nSPS) is 14.9. The fourth-order valence-corrected chi connectivity index (χ4v) is 4.03. The van der Waals surface area contributed by atoms with E-state index in [0.717, 1.165) is 23.3 Å². The number of methoxy groups -OCH3 is 1. The molecule has 0 spiro atoms. The second kappa shape index (κ2) is 7.30. The van der Waals surface area contributed by atoms with Crippen LogP contribution in [0.2, 0.25) is 0 Å². The summed E-state index contributed by atoms with van der Waals surface area (Å²) in [5.74, 6) is 0.744. The molecule has 0 unspecified atom stereocenters. The van der Waals surface area contributed by atoms with Crippen LogP contribution < -0.4 is 4.90 Å². The number of aromatic nitrogens is 6. The van der Waals surface area contributed by atoms with E-state index in [-0.39, 0.29) is 6.10 Å². The van der Waals surface area contributed by atoms with E-state index >= 15 is 0 Å². The van der Waals surface area contributed by atoms with Crippen LogP contribution in [-0.2, 0) is 25.0 Å². The van der Waals surface area contributed by atoms with Gasteiger partial charge in [-0.15, -0.1) is 0 Å². The first kappa shape index (κ1) is 20.4. The first-order valence-electron chi connectivity index (χ1n) is 9.93. The van der Waals surface area contributed by atoms with Crippen molar-refractivity contribution in [2.45, 2.75) is 12.3 Å². The van der Waals surface area contributed by atoms with E-state index in [0.29, 0.717) is 41.3 Å². The summed E-state index contributed by atoms with van der Waals surface area (Å²) >= 11 is 0. The Kier molecular flexibility index (Phi) is 4.66. The third-order valence-corrected chi connectivity index (χ3v) is 5.76. The van der Waals surface area contributed by atoms with Crippen LogP contribution in [0.4, 0.5) is 19.0 Å². The van der Waals surface area contributed by atoms with Gasteiger partial charge in [0.2, 0.25) is 0 Å². The fourth-order valence-electron chi connectivity index (χ4n) is 4.03. The van der Waals surface area contributed by atoms with Gasteiger partial charge in [-0.3, -0.25) is 4.68 Å². The van der Waals surface area contributed by atoms with E-state index in [2.05, 4.69) is 25.1 Å². The Morgan fingerprint density at radius 2 is 1.75 bits per heavy atom. The summed E-state index contributed by atoms with van der Waals surface area (Å²) in [5, 5.41) is 9.81. The first-order chi connectivity index (χ1) is 15.3. The highest BCUT2D eigenvalue weighted by atomic mass is 19.4. The van der Waals surface area contributed by atoms with Gasteiger partial charge in [0.15, 0.2) is 5.65 Å². The van der Waals surface area contributed by atoms with Crippen LogP contribution in [0.3, 0.4) is 0 Å². The van der Waals surface area contributed by atoms with Crippen molar-refractivity contribution in [2.24, 2.45) is 14.1 Å². The fraction of sp³-hybridized carbons (Fsp3) is 0.333. The minimum Gasteiger partial charge on any atom is -0.378 e. The van der Waals surface area contributed by atoms with Crippen molar-refractivity contribution < 1.29 is 17.9 Å². The zero-order valence-electron chi connectivity index (χ0n) is 17.6. The molecule has 3 aromatic heterocycles. The molecular formula is C21H20F3N7O. The molecule has 0 bridgehead atoms. The van der Waals surface area contributed by atoms with Crippen LogP contribution in [0.25, 0.3) is 33.5 Å². The molecule has 4 aromatic rings. The molecule has 1 saturated heterocycles. The van der Waals surface area contributed by atoms with Crippen molar-refractivity contribution in [2.75, 3.05) is 25.1 Å². The number of hydrogen-bond donors (Lipinski definition) is 0. The molecule has 1 aliphatic heterocycles. The van der Waals surface area contributed by atoms with Crippen LogP contribution in [0, 0.1) is 0 Å². The van der Waals surface area contributed by atoms with E-state index in [1.165, 1.54) is 18.5 Å². The molecule has 0 amide bonds. The van der Waals surface area contributed by atoms with Gasteiger partial charge in [-0.05, 0) is 12.1 Å². The average Bonchev–Trinajstić information content (AvgIpc) is 3.27. The quantitative estimate of drug-likeness (QED) is 0.482. The molecule has 0 saturated carbocycles. The van der Waals surface area contributed by atoms with E-state index in [4.69, 9.17) is 4.74 Å². The Bertz CT molecular complexity index is 1290. The van der Waals surface area contributed by atoms with Gasteiger partial charge in [0.05, 0.1) is 28.9 Å². The minimum atomic E-state index is -4.39. The molecule has 1 fully saturated rings. The zero-order valence-corrected chi connectivity index (χ0v) is 17.6. The number of nitrogens with zero attached hydrogens (tertiary/aromatic N) is 7. The van der Waals surface area contributed by atoms with Gasteiger partial charge >= 0.3 is 6.18 Å². The van der Waals surface area contributed by atoms with Gasteiger partial charge in [-0.2, -0.15) is 23.4 Å². The van der Waals surface area contributed by atoms with Gasteiger partial charge in [-0.1, -0.05) is 12.1 Å². The van der Waals surface area contributed by atoms with Crippen LogP contribution in [0.5, 0.6) is 0 Å². The molecule has 0 radical (unpaired) electrons. The molecule has 5 rings (SSSR count). The Balaban J connectivity index is 1.65. The molecule has 0 atom stereocenters. The Labute approximate surface area is 181 Å². The molecule has 11 heteroatoms. The topological polar surface area (TPSA) is 73.9 Å². The summed E-state index contributed by atoms with van der Waals surface area (Å²) in [4.78, 5) is 11.0. The maximum atomic E-state index is 13.0. The molecule has 0 aliphatic carbocycles. The number of halogens is 3. The summed E-state index contributed by atoms with van der Waals surface area (Å²) in [5.41, 5.74) is 2.54. The summed E-state index contributed by atoms with van der Waals surface area (Å²) < 4.78 is 47.7. The minimum absolute atomic E-state index is 0.140. The van der Waals surface area contributed by atoms with E-state index in [9.17, 15) is 13.2 Å². The Hall–Kier alpha value is -3.47. The van der Waals surface area contributed by atoms with Gasteiger partial charge < -0.3 is 9.64 Å². The lowest BCUT2D eigenvalue weighted by Gasteiger charge is -2.39. The van der Waals surface area contributed by atoms with Crippen molar-refractivity contribution in [3.63, 3.8) is 0 Å². The van der Waals surface area contributed by atoms with Gasteiger partial charge in [0.25, 0.3) is 0 Å². The monoisotopic (exact) mass is 443 g/mol. The lowest BCUT2D eigenvalue weighted by molar-refractivity contribution is -0.137. The van der Waals surface area contributed by atoms with Crippen molar-refractivity contribution >= 4 is 16.9 Å². The lowest BCUT2D eigenvalue weighted by Crippen LogP contribution is -2.52. The number of aryl methyl sites for hydroxylation is 2. The SMILES string of the molecule is COC1CN(c2ncnc3c2c(-c2cnn(C)c2-c2ccc(C(F)(F)F)cc2)nn3C)C1. The molecule has 0 N–H and O–H groups in total. The van der Waals surface area contributed by atoms with E-state index in [1.807, 2.05) is 0 Å². The molecule has 8 nitrogen and oxygen atoms in total. The van der Waals surface area contributed by atoms with Crippen molar-refractivity contribution in [3.05, 3.63) is 42.4 Å². The average molecular weight is 443 g/mol. The number of rotatable bonds is 4. The third kappa shape index (κ3) is 3.20. The van der Waals surface area contributed by atoms with Crippen molar-refractivity contribution in [1.29, 1.82) is 0 Å². The van der Waals surface area contributed by atoms with Gasteiger partial charge in [-0.25, -0.2) is 14.6 Å². The number of ether oxygens (including phenoxy) is 1. The predicted molar refractivity (Wildman–Crippen MR) is 112 cm³/mol. The summed E-state index contributed by atoms with van der Waals surface area (Å²) in [7, 11) is 5.22. The molecule has 166 valence electrons. The number of alkyl halides is 3. The smallest absolute Gasteiger partial charge is 0.378 e. The Morgan fingerprint density at radius 3 is 2.41 bits per heavy atom. The predicted octanol–water partition coefficient (Wildman–Crippen LogP) is 3.28. The van der Waals surface area contributed by atoms with Crippen LogP contribution in [0.1, 0.15) is 5.56 Å². The highest BCUT2D eigenvalue weighted by Crippen LogP contribution is 2.39.